The van der Waals surface area contributed by atoms with Crippen LogP contribution in [-0.2, 0) is 13.1 Å². The van der Waals surface area contributed by atoms with Gasteiger partial charge in [0.15, 0.2) is 10.2 Å². The minimum absolute atomic E-state index is 0.723. The zero-order chi connectivity index (χ0) is 19.9. The van der Waals surface area contributed by atoms with E-state index in [-0.39, 0.29) is 0 Å². The van der Waals surface area contributed by atoms with Gasteiger partial charge in [0.25, 0.3) is 0 Å². The van der Waals surface area contributed by atoms with E-state index in [0.717, 1.165) is 49.2 Å². The second kappa shape index (κ2) is 13.9. The van der Waals surface area contributed by atoms with Gasteiger partial charge in [0.05, 0.1) is 0 Å². The summed E-state index contributed by atoms with van der Waals surface area (Å²) in [5.74, 6) is 0. The van der Waals surface area contributed by atoms with Crippen LogP contribution < -0.4 is 21.3 Å². The summed E-state index contributed by atoms with van der Waals surface area (Å²) in [7, 11) is 0. The third-order valence-electron chi connectivity index (χ3n) is 4.27. The summed E-state index contributed by atoms with van der Waals surface area (Å²) in [6, 6.07) is 20.5. The molecule has 0 spiro atoms. The van der Waals surface area contributed by atoms with Gasteiger partial charge in [-0.25, -0.2) is 0 Å². The lowest BCUT2D eigenvalue weighted by Crippen LogP contribution is -2.35. The molecule has 0 bridgehead atoms. The fraction of sp³-hybridized carbons (Fsp3) is 0.364. The van der Waals surface area contributed by atoms with E-state index in [1.54, 1.807) is 0 Å². The minimum Gasteiger partial charge on any atom is -0.363 e. The van der Waals surface area contributed by atoms with Gasteiger partial charge in [-0.15, -0.1) is 0 Å². The number of benzene rings is 2. The Kier molecular flexibility index (Phi) is 11.0. The van der Waals surface area contributed by atoms with Gasteiger partial charge in [-0.05, 0) is 48.4 Å². The molecule has 0 saturated heterocycles. The third-order valence-corrected chi connectivity index (χ3v) is 4.84. The molecule has 28 heavy (non-hydrogen) atoms. The highest BCUT2D eigenvalue weighted by Crippen LogP contribution is 2.00. The van der Waals surface area contributed by atoms with Crippen molar-refractivity contribution in [3.8, 4) is 0 Å². The van der Waals surface area contributed by atoms with E-state index in [0.29, 0.717) is 0 Å². The normalized spacial score (nSPS) is 10.1. The monoisotopic (exact) mass is 414 g/mol. The Hall–Kier alpha value is -2.18. The minimum atomic E-state index is 0.723. The summed E-state index contributed by atoms with van der Waals surface area (Å²) in [4.78, 5) is 0. The molecule has 0 radical (unpaired) electrons. The predicted octanol–water partition coefficient (Wildman–Crippen LogP) is 3.88. The summed E-state index contributed by atoms with van der Waals surface area (Å²) in [6.45, 7) is 3.34. The molecule has 6 heteroatoms. The average molecular weight is 415 g/mol. The van der Waals surface area contributed by atoms with Gasteiger partial charge >= 0.3 is 0 Å². The predicted molar refractivity (Wildman–Crippen MR) is 126 cm³/mol. The highest BCUT2D eigenvalue weighted by atomic mass is 32.1. The van der Waals surface area contributed by atoms with Crippen molar-refractivity contribution in [2.75, 3.05) is 13.1 Å². The Labute approximate surface area is 179 Å². The maximum Gasteiger partial charge on any atom is 0.166 e. The van der Waals surface area contributed by atoms with Crippen molar-refractivity contribution in [1.29, 1.82) is 0 Å². The van der Waals surface area contributed by atoms with Gasteiger partial charge in [0.1, 0.15) is 0 Å². The zero-order valence-electron chi connectivity index (χ0n) is 16.2. The molecule has 150 valence electrons. The first-order valence-corrected chi connectivity index (χ1v) is 10.7. The van der Waals surface area contributed by atoms with E-state index < -0.39 is 0 Å². The van der Waals surface area contributed by atoms with Crippen LogP contribution in [0, 0.1) is 0 Å². The molecule has 4 N–H and O–H groups in total. The fourth-order valence-electron chi connectivity index (χ4n) is 2.69. The second-order valence-electron chi connectivity index (χ2n) is 6.60. The highest BCUT2D eigenvalue weighted by molar-refractivity contribution is 7.80. The molecule has 0 fully saturated rings. The summed E-state index contributed by atoms with van der Waals surface area (Å²) in [5, 5.41) is 14.5. The lowest BCUT2D eigenvalue weighted by Gasteiger charge is -2.11. The van der Waals surface area contributed by atoms with Crippen LogP contribution in [0.4, 0.5) is 0 Å². The first-order valence-electron chi connectivity index (χ1n) is 9.85. The second-order valence-corrected chi connectivity index (χ2v) is 7.42. The summed E-state index contributed by atoms with van der Waals surface area (Å²) in [5.41, 5.74) is 2.46. The molecule has 2 aromatic rings. The summed E-state index contributed by atoms with van der Waals surface area (Å²) in [6.07, 6.45) is 4.59. The average Bonchev–Trinajstić information content (AvgIpc) is 2.74. The molecule has 2 aromatic carbocycles. The Balaban J connectivity index is 1.39. The molecule has 0 aromatic heterocycles. The molecular weight excluding hydrogens is 384 g/mol. The SMILES string of the molecule is S=C(NCCCCCCNC(=S)NCc1ccccc1)NCc1ccccc1. The van der Waals surface area contributed by atoms with Gasteiger partial charge in [0, 0.05) is 26.2 Å². The quantitative estimate of drug-likeness (QED) is 0.331. The van der Waals surface area contributed by atoms with Gasteiger partial charge in [-0.2, -0.15) is 0 Å². The van der Waals surface area contributed by atoms with E-state index in [1.165, 1.54) is 24.0 Å². The number of thiocarbonyl (C=S) groups is 2. The smallest absolute Gasteiger partial charge is 0.166 e. The molecule has 0 amide bonds. The van der Waals surface area contributed by atoms with Gasteiger partial charge < -0.3 is 21.3 Å². The molecule has 0 saturated carbocycles. The molecule has 4 nitrogen and oxygen atoms in total. The van der Waals surface area contributed by atoms with Crippen molar-refractivity contribution < 1.29 is 0 Å². The molecule has 0 aliphatic heterocycles. The van der Waals surface area contributed by atoms with Crippen molar-refractivity contribution in [2.24, 2.45) is 0 Å². The summed E-state index contributed by atoms with van der Waals surface area (Å²) >= 11 is 10.6. The number of nitrogens with one attached hydrogen (secondary N) is 4. The Bertz CT molecular complexity index is 631. The first-order chi connectivity index (χ1) is 13.7. The van der Waals surface area contributed by atoms with E-state index in [4.69, 9.17) is 24.4 Å². The molecular formula is C22H30N4S2. The van der Waals surface area contributed by atoms with Crippen LogP contribution in [0.5, 0.6) is 0 Å². The van der Waals surface area contributed by atoms with Crippen molar-refractivity contribution in [3.63, 3.8) is 0 Å². The van der Waals surface area contributed by atoms with E-state index in [9.17, 15) is 0 Å². The van der Waals surface area contributed by atoms with E-state index in [1.807, 2.05) is 36.4 Å². The number of rotatable bonds is 11. The topological polar surface area (TPSA) is 48.1 Å². The van der Waals surface area contributed by atoms with Crippen LogP contribution in [0.3, 0.4) is 0 Å². The zero-order valence-corrected chi connectivity index (χ0v) is 17.9. The number of hydrogen-bond acceptors (Lipinski definition) is 2. The van der Waals surface area contributed by atoms with Crippen LogP contribution in [0.1, 0.15) is 36.8 Å². The number of hydrogen-bond donors (Lipinski definition) is 4. The fourth-order valence-corrected chi connectivity index (χ4v) is 3.04. The molecule has 0 atom stereocenters. The lowest BCUT2D eigenvalue weighted by atomic mass is 10.2. The van der Waals surface area contributed by atoms with Gasteiger partial charge in [0.2, 0.25) is 0 Å². The molecule has 0 unspecified atom stereocenters. The van der Waals surface area contributed by atoms with Crippen molar-refractivity contribution in [3.05, 3.63) is 71.8 Å². The standard InChI is InChI=1S/C22H30N4S2/c27-21(25-17-19-11-5-3-6-12-19)23-15-9-1-2-10-16-24-22(28)26-18-20-13-7-4-8-14-20/h3-8,11-14H,1-2,9-10,15-18H2,(H2,23,25,27)(H2,24,26,28). The van der Waals surface area contributed by atoms with Crippen LogP contribution >= 0.6 is 24.4 Å². The Morgan fingerprint density at radius 1 is 0.536 bits per heavy atom. The maximum atomic E-state index is 5.31. The van der Waals surface area contributed by atoms with Crippen LogP contribution in [0.15, 0.2) is 60.7 Å². The Morgan fingerprint density at radius 3 is 1.32 bits per heavy atom. The summed E-state index contributed by atoms with van der Waals surface area (Å²) < 4.78 is 0. The number of unbranched alkanes of at least 4 members (excludes halogenated alkanes) is 3. The van der Waals surface area contributed by atoms with Crippen molar-refractivity contribution >= 4 is 34.7 Å². The Morgan fingerprint density at radius 2 is 0.929 bits per heavy atom. The van der Waals surface area contributed by atoms with Crippen LogP contribution in [-0.4, -0.2) is 23.3 Å². The highest BCUT2D eigenvalue weighted by Gasteiger charge is 1.98. The van der Waals surface area contributed by atoms with Crippen LogP contribution in [0.25, 0.3) is 0 Å². The van der Waals surface area contributed by atoms with Crippen molar-refractivity contribution in [1.82, 2.24) is 21.3 Å². The largest absolute Gasteiger partial charge is 0.363 e. The van der Waals surface area contributed by atoms with Gasteiger partial charge in [-0.3, -0.25) is 0 Å². The molecule has 2 rings (SSSR count). The third kappa shape index (κ3) is 10.2. The first kappa shape index (κ1) is 22.1. The van der Waals surface area contributed by atoms with Gasteiger partial charge in [-0.1, -0.05) is 73.5 Å². The van der Waals surface area contributed by atoms with Crippen molar-refractivity contribution in [2.45, 2.75) is 38.8 Å². The molecule has 0 heterocycles. The van der Waals surface area contributed by atoms with E-state index >= 15 is 0 Å². The maximum absolute atomic E-state index is 5.31. The molecule has 0 aliphatic carbocycles. The van der Waals surface area contributed by atoms with Crippen LogP contribution in [0.2, 0.25) is 0 Å². The van der Waals surface area contributed by atoms with E-state index in [2.05, 4.69) is 45.5 Å². The molecule has 0 aliphatic rings. The lowest BCUT2D eigenvalue weighted by molar-refractivity contribution is 0.619.